The molecule has 0 saturated heterocycles. The van der Waals surface area contributed by atoms with Crippen molar-refractivity contribution in [2.75, 3.05) is 30.4 Å². The fourth-order valence-electron chi connectivity index (χ4n) is 3.14. The molecule has 29 heavy (non-hydrogen) atoms. The quantitative estimate of drug-likeness (QED) is 0.504. The first kappa shape index (κ1) is 19.1. The van der Waals surface area contributed by atoms with Crippen molar-refractivity contribution >= 4 is 40.9 Å². The molecule has 0 aromatic heterocycles. The third kappa shape index (κ3) is 4.12. The van der Waals surface area contributed by atoms with Gasteiger partial charge in [0.1, 0.15) is 6.54 Å². The van der Waals surface area contributed by atoms with Gasteiger partial charge in [-0.05, 0) is 42.0 Å². The molecule has 0 atom stereocenters. The number of nitrogens with zero attached hydrogens (tertiary/aromatic N) is 3. The van der Waals surface area contributed by atoms with Crippen LogP contribution in [0.2, 0.25) is 0 Å². The zero-order valence-corrected chi connectivity index (χ0v) is 17.2. The first-order valence-electron chi connectivity index (χ1n) is 9.35. The minimum absolute atomic E-state index is 0.0506. The molecule has 146 valence electrons. The number of hydrogen-bond acceptors (Lipinski definition) is 5. The normalized spacial score (nSPS) is 12.4. The predicted molar refractivity (Wildman–Crippen MR) is 121 cm³/mol. The summed E-state index contributed by atoms with van der Waals surface area (Å²) in [5.74, 6) is -0.0506. The minimum Gasteiger partial charge on any atom is -0.378 e. The Balaban J connectivity index is 1.46. The van der Waals surface area contributed by atoms with E-state index in [0.29, 0.717) is 0 Å². The Morgan fingerprint density at radius 2 is 1.55 bits per heavy atom. The molecular weight excluding hydrogens is 380 g/mol. The van der Waals surface area contributed by atoms with Gasteiger partial charge in [-0.2, -0.15) is 5.10 Å². The average Bonchev–Trinajstić information content (AvgIpc) is 2.75. The van der Waals surface area contributed by atoms with Crippen molar-refractivity contribution in [1.29, 1.82) is 0 Å². The molecule has 1 aliphatic rings. The molecule has 0 bridgehead atoms. The second-order valence-corrected chi connectivity index (χ2v) is 7.93. The van der Waals surface area contributed by atoms with E-state index in [0.717, 1.165) is 32.4 Å². The molecular formula is C23H22N4OS. The fourth-order valence-corrected chi connectivity index (χ4v) is 4.20. The fraction of sp³-hybridized carbons (Fsp3) is 0.130. The number of rotatable bonds is 5. The summed E-state index contributed by atoms with van der Waals surface area (Å²) in [6, 6.07) is 24.0. The van der Waals surface area contributed by atoms with Gasteiger partial charge in [0.2, 0.25) is 0 Å². The molecule has 6 heteroatoms. The van der Waals surface area contributed by atoms with E-state index in [9.17, 15) is 4.79 Å². The van der Waals surface area contributed by atoms with Crippen LogP contribution in [0.1, 0.15) is 5.56 Å². The summed E-state index contributed by atoms with van der Waals surface area (Å²) in [6.07, 6.45) is 1.72. The summed E-state index contributed by atoms with van der Waals surface area (Å²) in [7, 11) is 4.01. The third-order valence-corrected chi connectivity index (χ3v) is 5.76. The Morgan fingerprint density at radius 3 is 2.14 bits per heavy atom. The van der Waals surface area contributed by atoms with Crippen LogP contribution < -0.4 is 15.2 Å². The van der Waals surface area contributed by atoms with Crippen molar-refractivity contribution in [2.24, 2.45) is 5.10 Å². The SMILES string of the molecule is CN(C)c1ccc(/C=N\NCC(=O)N2c3ccccc3Sc3ccccc32)cc1. The highest BCUT2D eigenvalue weighted by atomic mass is 32.2. The van der Waals surface area contributed by atoms with Crippen molar-refractivity contribution in [3.63, 3.8) is 0 Å². The molecule has 1 heterocycles. The smallest absolute Gasteiger partial charge is 0.252 e. The number of para-hydroxylation sites is 2. The number of nitrogens with one attached hydrogen (secondary N) is 1. The summed E-state index contributed by atoms with van der Waals surface area (Å²) < 4.78 is 0. The molecule has 0 radical (unpaired) electrons. The van der Waals surface area contributed by atoms with Crippen LogP contribution >= 0.6 is 11.8 Å². The number of fused-ring (bicyclic) bond motifs is 2. The zero-order chi connectivity index (χ0) is 20.2. The average molecular weight is 403 g/mol. The lowest BCUT2D eigenvalue weighted by Crippen LogP contribution is -2.35. The number of hydrazone groups is 1. The molecule has 4 rings (SSSR count). The Morgan fingerprint density at radius 1 is 0.966 bits per heavy atom. The van der Waals surface area contributed by atoms with Crippen molar-refractivity contribution in [2.45, 2.75) is 9.79 Å². The van der Waals surface area contributed by atoms with Crippen LogP contribution in [0, 0.1) is 0 Å². The number of carbonyl (C=O) groups excluding carboxylic acids is 1. The molecule has 0 fully saturated rings. The molecule has 1 aliphatic heterocycles. The maximum atomic E-state index is 13.0. The summed E-state index contributed by atoms with van der Waals surface area (Å²) in [5, 5.41) is 4.22. The molecule has 5 nitrogen and oxygen atoms in total. The molecule has 1 amide bonds. The van der Waals surface area contributed by atoms with Gasteiger partial charge in [-0.3, -0.25) is 9.69 Å². The first-order chi connectivity index (χ1) is 14.1. The van der Waals surface area contributed by atoms with Crippen LogP contribution in [0.3, 0.4) is 0 Å². The van der Waals surface area contributed by atoms with Crippen molar-refractivity contribution < 1.29 is 4.79 Å². The van der Waals surface area contributed by atoms with Gasteiger partial charge in [0, 0.05) is 29.6 Å². The molecule has 0 unspecified atom stereocenters. The number of hydrogen-bond donors (Lipinski definition) is 1. The van der Waals surface area contributed by atoms with Crippen LogP contribution in [0.15, 0.2) is 87.7 Å². The van der Waals surface area contributed by atoms with E-state index in [1.807, 2.05) is 91.8 Å². The maximum Gasteiger partial charge on any atom is 0.252 e. The van der Waals surface area contributed by atoms with Crippen LogP contribution in [0.4, 0.5) is 17.1 Å². The lowest BCUT2D eigenvalue weighted by Gasteiger charge is -2.30. The van der Waals surface area contributed by atoms with Gasteiger partial charge in [0.15, 0.2) is 0 Å². The highest BCUT2D eigenvalue weighted by molar-refractivity contribution is 7.99. The Kier molecular flexibility index (Phi) is 5.53. The van der Waals surface area contributed by atoms with E-state index in [-0.39, 0.29) is 12.5 Å². The highest BCUT2D eigenvalue weighted by Crippen LogP contribution is 2.47. The largest absolute Gasteiger partial charge is 0.378 e. The summed E-state index contributed by atoms with van der Waals surface area (Å²) in [5.41, 5.74) is 6.81. The Labute approximate surface area is 175 Å². The summed E-state index contributed by atoms with van der Waals surface area (Å²) in [4.78, 5) is 19.0. The summed E-state index contributed by atoms with van der Waals surface area (Å²) >= 11 is 1.69. The van der Waals surface area contributed by atoms with Gasteiger partial charge in [-0.1, -0.05) is 48.2 Å². The van der Waals surface area contributed by atoms with E-state index in [1.54, 1.807) is 22.9 Å². The van der Waals surface area contributed by atoms with Crippen molar-refractivity contribution in [3.05, 3.63) is 78.4 Å². The molecule has 0 saturated carbocycles. The van der Waals surface area contributed by atoms with Gasteiger partial charge >= 0.3 is 0 Å². The van der Waals surface area contributed by atoms with E-state index >= 15 is 0 Å². The maximum absolute atomic E-state index is 13.0. The highest BCUT2D eigenvalue weighted by Gasteiger charge is 2.27. The predicted octanol–water partition coefficient (Wildman–Crippen LogP) is 4.51. The third-order valence-electron chi connectivity index (χ3n) is 4.63. The van der Waals surface area contributed by atoms with Gasteiger partial charge in [0.25, 0.3) is 5.91 Å². The lowest BCUT2D eigenvalue weighted by molar-refractivity contribution is -0.117. The first-order valence-corrected chi connectivity index (χ1v) is 10.2. The van der Waals surface area contributed by atoms with Crippen LogP contribution in [0.25, 0.3) is 0 Å². The monoisotopic (exact) mass is 402 g/mol. The lowest BCUT2D eigenvalue weighted by atomic mass is 10.2. The summed E-state index contributed by atoms with van der Waals surface area (Å²) in [6.45, 7) is 0.111. The molecule has 3 aromatic rings. The standard InChI is InChI=1S/C23H22N4OS/c1-26(2)18-13-11-17(12-14-18)15-24-25-16-23(28)27-19-7-3-5-9-21(19)29-22-10-6-4-8-20(22)27/h3-15,25H,16H2,1-2H3/b24-15-. The van der Waals surface area contributed by atoms with Crippen molar-refractivity contribution in [3.8, 4) is 0 Å². The van der Waals surface area contributed by atoms with E-state index in [1.165, 1.54) is 0 Å². The number of anilines is 3. The number of carbonyl (C=O) groups is 1. The van der Waals surface area contributed by atoms with Crippen molar-refractivity contribution in [1.82, 2.24) is 5.43 Å². The second-order valence-electron chi connectivity index (χ2n) is 6.85. The van der Waals surface area contributed by atoms with Crippen LogP contribution in [0.5, 0.6) is 0 Å². The second kappa shape index (κ2) is 8.41. The van der Waals surface area contributed by atoms with E-state index < -0.39 is 0 Å². The molecule has 0 aliphatic carbocycles. The van der Waals surface area contributed by atoms with E-state index in [2.05, 4.69) is 10.5 Å². The minimum atomic E-state index is -0.0506. The number of benzene rings is 3. The zero-order valence-electron chi connectivity index (χ0n) is 16.4. The van der Waals surface area contributed by atoms with Gasteiger partial charge in [0.05, 0.1) is 17.6 Å². The van der Waals surface area contributed by atoms with E-state index in [4.69, 9.17) is 0 Å². The number of amides is 1. The molecule has 1 N–H and O–H groups in total. The topological polar surface area (TPSA) is 47.9 Å². The Hall–Kier alpha value is -3.25. The van der Waals surface area contributed by atoms with Crippen LogP contribution in [-0.2, 0) is 4.79 Å². The van der Waals surface area contributed by atoms with Crippen LogP contribution in [-0.4, -0.2) is 32.8 Å². The Bertz CT molecular complexity index is 1000. The molecule has 3 aromatic carbocycles. The molecule has 0 spiro atoms. The van der Waals surface area contributed by atoms with Gasteiger partial charge in [-0.25, -0.2) is 0 Å². The van der Waals surface area contributed by atoms with Gasteiger partial charge < -0.3 is 10.3 Å². The van der Waals surface area contributed by atoms with Gasteiger partial charge in [-0.15, -0.1) is 0 Å².